The number of aryl methyl sites for hydroxylation is 1. The molecule has 0 saturated carbocycles. The Kier molecular flexibility index (Phi) is 5.22. The van der Waals surface area contributed by atoms with Gasteiger partial charge in [-0.3, -0.25) is 9.59 Å². The van der Waals surface area contributed by atoms with Crippen LogP contribution in [0.25, 0.3) is 11.0 Å². The second kappa shape index (κ2) is 8.00. The monoisotopic (exact) mass is 415 g/mol. The number of esters is 1. The number of nitriles is 1. The molecule has 0 bridgehead atoms. The van der Waals surface area contributed by atoms with Gasteiger partial charge in [-0.1, -0.05) is 24.3 Å². The van der Waals surface area contributed by atoms with Gasteiger partial charge < -0.3 is 19.0 Å². The summed E-state index contributed by atoms with van der Waals surface area (Å²) in [7, 11) is 3.58. The summed E-state index contributed by atoms with van der Waals surface area (Å²) in [6, 6.07) is 15.3. The summed E-state index contributed by atoms with van der Waals surface area (Å²) < 4.78 is 10.7. The van der Waals surface area contributed by atoms with E-state index in [0.717, 1.165) is 22.3 Å². The largest absolute Gasteiger partial charge is 0.464 e. The van der Waals surface area contributed by atoms with Gasteiger partial charge in [0.25, 0.3) is 0 Å². The quantitative estimate of drug-likeness (QED) is 0.357. The number of anilines is 2. The van der Waals surface area contributed by atoms with Crippen molar-refractivity contribution in [3.63, 3.8) is 0 Å². The van der Waals surface area contributed by atoms with Gasteiger partial charge in [0.2, 0.25) is 5.78 Å². The molecule has 0 saturated heterocycles. The molecule has 0 N–H and O–H groups in total. The van der Waals surface area contributed by atoms with E-state index in [4.69, 9.17) is 9.15 Å². The number of fused-ring (bicyclic) bond motifs is 2. The first-order valence-electron chi connectivity index (χ1n) is 9.77. The summed E-state index contributed by atoms with van der Waals surface area (Å²) in [5.41, 5.74) is 4.17. The van der Waals surface area contributed by atoms with Gasteiger partial charge in [0.15, 0.2) is 6.61 Å². The van der Waals surface area contributed by atoms with Crippen molar-refractivity contribution in [1.82, 2.24) is 0 Å². The second-order valence-electron chi connectivity index (χ2n) is 7.44. The number of hydrogen-bond donors (Lipinski definition) is 0. The van der Waals surface area contributed by atoms with E-state index in [2.05, 4.69) is 0 Å². The molecule has 7 heteroatoms. The van der Waals surface area contributed by atoms with E-state index >= 15 is 0 Å². The molecular formula is C24H21N3O4. The third-order valence-corrected chi connectivity index (χ3v) is 5.36. The molecule has 0 fully saturated rings. The van der Waals surface area contributed by atoms with Gasteiger partial charge in [-0.15, -0.1) is 0 Å². The van der Waals surface area contributed by atoms with Crippen LogP contribution in [0.5, 0.6) is 0 Å². The highest BCUT2D eigenvalue weighted by Crippen LogP contribution is 2.40. The van der Waals surface area contributed by atoms with Crippen molar-refractivity contribution >= 4 is 34.1 Å². The molecule has 31 heavy (non-hydrogen) atoms. The predicted molar refractivity (Wildman–Crippen MR) is 117 cm³/mol. The van der Waals surface area contributed by atoms with Gasteiger partial charge in [-0.25, -0.2) is 0 Å². The molecule has 0 aliphatic carbocycles. The van der Waals surface area contributed by atoms with Crippen molar-refractivity contribution in [3.05, 3.63) is 71.2 Å². The molecular weight excluding hydrogens is 394 g/mol. The Labute approximate surface area is 179 Å². The molecule has 0 radical (unpaired) electrons. The maximum absolute atomic E-state index is 12.7. The van der Waals surface area contributed by atoms with Crippen LogP contribution in [0.3, 0.4) is 0 Å². The number of Topliss-reactive ketones (excluding diaryl/α,β-unsaturated/α-hetero) is 1. The molecule has 1 aromatic heterocycles. The number of ether oxygens (including phenoxy) is 1. The van der Waals surface area contributed by atoms with Crippen molar-refractivity contribution in [1.29, 1.82) is 5.26 Å². The van der Waals surface area contributed by atoms with Crippen LogP contribution in [-0.4, -0.2) is 32.5 Å². The number of ketones is 1. The molecule has 0 amide bonds. The highest BCUT2D eigenvalue weighted by Gasteiger charge is 2.31. The highest BCUT2D eigenvalue weighted by atomic mass is 16.5. The summed E-state index contributed by atoms with van der Waals surface area (Å²) in [5.74, 6) is -0.652. The Morgan fingerprint density at radius 3 is 2.42 bits per heavy atom. The topological polar surface area (TPSA) is 86.8 Å². The molecule has 0 unspecified atom stereocenters. The Morgan fingerprint density at radius 1 is 1.10 bits per heavy atom. The molecule has 0 spiro atoms. The minimum absolute atomic E-state index is 0.0208. The number of benzene rings is 2. The van der Waals surface area contributed by atoms with E-state index in [0.29, 0.717) is 17.0 Å². The average molecular weight is 415 g/mol. The SMILES string of the molecule is Cc1ccc2c(CC(=O)OCC(=O)C(C#N)=C3N(C)c4ccccc4N3C)coc2c1. The van der Waals surface area contributed by atoms with Crippen molar-refractivity contribution in [2.45, 2.75) is 13.3 Å². The highest BCUT2D eigenvalue weighted by molar-refractivity contribution is 6.04. The molecule has 7 nitrogen and oxygen atoms in total. The van der Waals surface area contributed by atoms with Crippen LogP contribution in [0.15, 0.2) is 64.5 Å². The molecule has 3 aromatic rings. The molecule has 156 valence electrons. The summed E-state index contributed by atoms with van der Waals surface area (Å²) in [4.78, 5) is 28.6. The lowest BCUT2D eigenvalue weighted by molar-refractivity contribution is -0.146. The van der Waals surface area contributed by atoms with E-state index in [-0.39, 0.29) is 12.0 Å². The third kappa shape index (κ3) is 3.64. The zero-order valence-electron chi connectivity index (χ0n) is 17.5. The van der Waals surface area contributed by atoms with Gasteiger partial charge in [0, 0.05) is 25.0 Å². The van der Waals surface area contributed by atoms with Gasteiger partial charge in [0.1, 0.15) is 23.0 Å². The van der Waals surface area contributed by atoms with E-state index in [1.807, 2.05) is 55.5 Å². The van der Waals surface area contributed by atoms with Gasteiger partial charge in [0.05, 0.1) is 24.1 Å². The van der Waals surface area contributed by atoms with E-state index < -0.39 is 18.4 Å². The third-order valence-electron chi connectivity index (χ3n) is 5.36. The zero-order valence-corrected chi connectivity index (χ0v) is 17.5. The Bertz CT molecular complexity index is 1230. The van der Waals surface area contributed by atoms with Crippen LogP contribution in [0, 0.1) is 18.3 Å². The maximum atomic E-state index is 12.7. The number of furan rings is 1. The Balaban J connectivity index is 1.47. The lowest BCUT2D eigenvalue weighted by Crippen LogP contribution is -2.28. The first kappa shape index (κ1) is 20.2. The normalized spacial score (nSPS) is 12.6. The first-order chi connectivity index (χ1) is 14.9. The van der Waals surface area contributed by atoms with Crippen LogP contribution in [0.1, 0.15) is 11.1 Å². The Hall–Kier alpha value is -4.05. The molecule has 4 rings (SSSR count). The van der Waals surface area contributed by atoms with Crippen molar-refractivity contribution in [3.8, 4) is 6.07 Å². The smallest absolute Gasteiger partial charge is 0.310 e. The minimum atomic E-state index is -0.560. The Morgan fingerprint density at radius 2 is 1.77 bits per heavy atom. The van der Waals surface area contributed by atoms with Crippen LogP contribution < -0.4 is 9.80 Å². The van der Waals surface area contributed by atoms with Crippen molar-refractivity contribution in [2.75, 3.05) is 30.5 Å². The van der Waals surface area contributed by atoms with E-state index in [9.17, 15) is 14.9 Å². The number of rotatable bonds is 5. The summed E-state index contributed by atoms with van der Waals surface area (Å²) in [5, 5.41) is 10.5. The number of nitrogens with zero attached hydrogens (tertiary/aromatic N) is 3. The molecule has 2 aromatic carbocycles. The predicted octanol–water partition coefficient (Wildman–Crippen LogP) is 3.72. The van der Waals surface area contributed by atoms with Crippen LogP contribution in [-0.2, 0) is 20.7 Å². The molecule has 0 atom stereocenters. The van der Waals surface area contributed by atoms with Crippen LogP contribution in [0.4, 0.5) is 11.4 Å². The molecule has 1 aliphatic rings. The maximum Gasteiger partial charge on any atom is 0.310 e. The summed E-state index contributed by atoms with van der Waals surface area (Å²) >= 11 is 0. The van der Waals surface area contributed by atoms with Crippen molar-refractivity contribution < 1.29 is 18.7 Å². The number of carbonyl (C=O) groups is 2. The number of para-hydroxylation sites is 2. The second-order valence-corrected chi connectivity index (χ2v) is 7.44. The molecule has 2 heterocycles. The van der Waals surface area contributed by atoms with Gasteiger partial charge >= 0.3 is 5.97 Å². The van der Waals surface area contributed by atoms with E-state index in [1.54, 1.807) is 23.9 Å². The average Bonchev–Trinajstić information content (AvgIpc) is 3.26. The lowest BCUT2D eigenvalue weighted by Gasteiger charge is -2.19. The lowest BCUT2D eigenvalue weighted by atomic mass is 10.1. The first-order valence-corrected chi connectivity index (χ1v) is 9.77. The number of hydrogen-bond acceptors (Lipinski definition) is 7. The minimum Gasteiger partial charge on any atom is -0.464 e. The number of carbonyl (C=O) groups excluding carboxylic acids is 2. The van der Waals surface area contributed by atoms with Crippen LogP contribution in [0.2, 0.25) is 0 Å². The van der Waals surface area contributed by atoms with Gasteiger partial charge in [-0.2, -0.15) is 5.26 Å². The summed E-state index contributed by atoms with van der Waals surface area (Å²) in [6.07, 6.45) is 1.50. The fourth-order valence-electron chi connectivity index (χ4n) is 3.81. The fraction of sp³-hybridized carbons (Fsp3) is 0.208. The zero-order chi connectivity index (χ0) is 22.1. The van der Waals surface area contributed by atoms with E-state index in [1.165, 1.54) is 6.26 Å². The standard InChI is InChI=1S/C24H21N3O4/c1-15-8-9-17-16(13-30-22(17)10-15)11-23(29)31-14-21(28)18(12-25)24-26(2)19-6-4-5-7-20(19)27(24)3/h4-10,13H,11,14H2,1-3H3. The summed E-state index contributed by atoms with van der Waals surface area (Å²) in [6.45, 7) is 1.46. The van der Waals surface area contributed by atoms with Gasteiger partial charge in [-0.05, 0) is 30.7 Å². The molecule has 1 aliphatic heterocycles. The fourth-order valence-corrected chi connectivity index (χ4v) is 3.81. The van der Waals surface area contributed by atoms with Crippen molar-refractivity contribution in [2.24, 2.45) is 0 Å². The van der Waals surface area contributed by atoms with Crippen LogP contribution >= 0.6 is 0 Å².